The Kier molecular flexibility index (Phi) is 11.3. The summed E-state index contributed by atoms with van der Waals surface area (Å²) in [6.45, 7) is 0.803. The van der Waals surface area contributed by atoms with Crippen LogP contribution in [0.25, 0.3) is 0 Å². The zero-order valence-corrected chi connectivity index (χ0v) is 16.2. The van der Waals surface area contributed by atoms with Crippen LogP contribution in [0.2, 0.25) is 0 Å². The van der Waals surface area contributed by atoms with Crippen molar-refractivity contribution in [2.45, 2.75) is 95.9 Å². The molecule has 0 radical (unpaired) electrons. The molecule has 0 spiro atoms. The topological polar surface area (TPSA) is 35.5 Å². The van der Waals surface area contributed by atoms with Gasteiger partial charge in [0.05, 0.1) is 12.7 Å². The standard InChI is InChI=1S/C23H36O3/c24-19-14-9-7-5-3-1-2-4-6-8-13-17-22-18-20-25-23(26-22)21-15-11-10-12-16-21/h10-12,15-16,19,22-23H,1-9,13-14,17-18,20H2. The SMILES string of the molecule is O=CCCCCCCCCCCCCC1CCOC(c2ccccc2)O1. The van der Waals surface area contributed by atoms with Crippen molar-refractivity contribution in [3.63, 3.8) is 0 Å². The minimum atomic E-state index is -0.179. The molecule has 0 N–H and O–H groups in total. The number of aldehydes is 1. The van der Waals surface area contributed by atoms with Crippen LogP contribution < -0.4 is 0 Å². The van der Waals surface area contributed by atoms with E-state index in [1.54, 1.807) is 0 Å². The van der Waals surface area contributed by atoms with Gasteiger partial charge in [-0.15, -0.1) is 0 Å². The summed E-state index contributed by atoms with van der Waals surface area (Å²) >= 11 is 0. The quantitative estimate of drug-likeness (QED) is 0.285. The molecule has 26 heavy (non-hydrogen) atoms. The summed E-state index contributed by atoms with van der Waals surface area (Å²) in [5, 5.41) is 0. The number of hydrogen-bond donors (Lipinski definition) is 0. The number of carbonyl (C=O) groups is 1. The highest BCUT2D eigenvalue weighted by molar-refractivity contribution is 5.48. The average Bonchev–Trinajstić information content (AvgIpc) is 2.70. The fraction of sp³-hybridized carbons (Fsp3) is 0.696. The molecule has 2 rings (SSSR count). The highest BCUT2D eigenvalue weighted by atomic mass is 16.7. The second-order valence-corrected chi connectivity index (χ2v) is 7.44. The van der Waals surface area contributed by atoms with Crippen LogP contribution >= 0.6 is 0 Å². The van der Waals surface area contributed by atoms with E-state index in [0.29, 0.717) is 6.10 Å². The van der Waals surface area contributed by atoms with Crippen LogP contribution in [0.4, 0.5) is 0 Å². The van der Waals surface area contributed by atoms with E-state index in [1.165, 1.54) is 57.8 Å². The van der Waals surface area contributed by atoms with Gasteiger partial charge >= 0.3 is 0 Å². The summed E-state index contributed by atoms with van der Waals surface area (Å²) in [5.41, 5.74) is 1.13. The third-order valence-electron chi connectivity index (χ3n) is 5.19. The van der Waals surface area contributed by atoms with Crippen LogP contribution in [0.3, 0.4) is 0 Å². The Morgan fingerprint density at radius 2 is 1.46 bits per heavy atom. The van der Waals surface area contributed by atoms with Crippen LogP contribution in [0, 0.1) is 0 Å². The maximum atomic E-state index is 10.2. The lowest BCUT2D eigenvalue weighted by atomic mass is 10.0. The molecule has 1 aromatic carbocycles. The second-order valence-electron chi connectivity index (χ2n) is 7.44. The number of ether oxygens (including phenoxy) is 2. The van der Waals surface area contributed by atoms with Crippen molar-refractivity contribution in [3.8, 4) is 0 Å². The minimum absolute atomic E-state index is 0.179. The third-order valence-corrected chi connectivity index (χ3v) is 5.19. The van der Waals surface area contributed by atoms with E-state index >= 15 is 0 Å². The van der Waals surface area contributed by atoms with Crippen molar-refractivity contribution in [3.05, 3.63) is 35.9 Å². The predicted octanol–water partition coefficient (Wildman–Crippen LogP) is 6.37. The van der Waals surface area contributed by atoms with Gasteiger partial charge in [-0.3, -0.25) is 0 Å². The second kappa shape index (κ2) is 13.9. The van der Waals surface area contributed by atoms with Gasteiger partial charge in [0.1, 0.15) is 6.29 Å². The zero-order valence-electron chi connectivity index (χ0n) is 16.2. The predicted molar refractivity (Wildman–Crippen MR) is 106 cm³/mol. The Morgan fingerprint density at radius 1 is 0.846 bits per heavy atom. The van der Waals surface area contributed by atoms with Gasteiger partial charge in [-0.1, -0.05) is 88.1 Å². The molecule has 0 saturated carbocycles. The van der Waals surface area contributed by atoms with Crippen LogP contribution in [-0.4, -0.2) is 19.0 Å². The van der Waals surface area contributed by atoms with Crippen LogP contribution in [-0.2, 0) is 14.3 Å². The number of rotatable bonds is 14. The maximum Gasteiger partial charge on any atom is 0.184 e. The molecule has 2 unspecified atom stereocenters. The summed E-state index contributed by atoms with van der Waals surface area (Å²) in [7, 11) is 0. The smallest absolute Gasteiger partial charge is 0.184 e. The van der Waals surface area contributed by atoms with Gasteiger partial charge in [0.15, 0.2) is 6.29 Å². The normalized spacial score (nSPS) is 20.2. The molecule has 1 saturated heterocycles. The first-order chi connectivity index (χ1) is 12.9. The summed E-state index contributed by atoms with van der Waals surface area (Å²) in [4.78, 5) is 10.2. The molecule has 146 valence electrons. The first kappa shape index (κ1) is 21.1. The largest absolute Gasteiger partial charge is 0.348 e. The number of carbonyl (C=O) groups excluding carboxylic acids is 1. The molecule has 1 aliphatic heterocycles. The summed E-state index contributed by atoms with van der Waals surface area (Å²) in [6, 6.07) is 10.3. The highest BCUT2D eigenvalue weighted by Crippen LogP contribution is 2.28. The van der Waals surface area contributed by atoms with E-state index in [0.717, 1.165) is 44.1 Å². The number of unbranched alkanes of at least 4 members (excludes halogenated alkanes) is 10. The van der Waals surface area contributed by atoms with Gasteiger partial charge in [-0.25, -0.2) is 0 Å². The van der Waals surface area contributed by atoms with E-state index in [2.05, 4.69) is 12.1 Å². The van der Waals surface area contributed by atoms with E-state index in [1.807, 2.05) is 18.2 Å². The summed E-state index contributed by atoms with van der Waals surface area (Å²) < 4.78 is 11.9. The molecule has 2 atom stereocenters. The van der Waals surface area contributed by atoms with Crippen molar-refractivity contribution >= 4 is 6.29 Å². The minimum Gasteiger partial charge on any atom is -0.348 e. The lowest BCUT2D eigenvalue weighted by Gasteiger charge is -2.30. The van der Waals surface area contributed by atoms with Gasteiger partial charge in [0.2, 0.25) is 0 Å². The van der Waals surface area contributed by atoms with Crippen molar-refractivity contribution in [1.82, 2.24) is 0 Å². The van der Waals surface area contributed by atoms with Crippen molar-refractivity contribution in [1.29, 1.82) is 0 Å². The van der Waals surface area contributed by atoms with Crippen molar-refractivity contribution < 1.29 is 14.3 Å². The first-order valence-electron chi connectivity index (χ1n) is 10.7. The molecule has 1 heterocycles. The van der Waals surface area contributed by atoms with Crippen LogP contribution in [0.15, 0.2) is 30.3 Å². The van der Waals surface area contributed by atoms with E-state index < -0.39 is 0 Å². The zero-order chi connectivity index (χ0) is 18.3. The van der Waals surface area contributed by atoms with Gasteiger partial charge < -0.3 is 14.3 Å². The lowest BCUT2D eigenvalue weighted by Crippen LogP contribution is -2.26. The molecule has 1 aromatic rings. The maximum absolute atomic E-state index is 10.2. The number of benzene rings is 1. The van der Waals surface area contributed by atoms with Gasteiger partial charge in [0, 0.05) is 12.0 Å². The Labute approximate surface area is 159 Å². The monoisotopic (exact) mass is 360 g/mol. The summed E-state index contributed by atoms with van der Waals surface area (Å²) in [6.07, 6.45) is 17.0. The van der Waals surface area contributed by atoms with Gasteiger partial charge in [0.25, 0.3) is 0 Å². The molecule has 3 nitrogen and oxygen atoms in total. The molecular weight excluding hydrogens is 324 g/mol. The first-order valence-corrected chi connectivity index (χ1v) is 10.7. The molecule has 0 amide bonds. The Hall–Kier alpha value is -1.19. The molecule has 0 bridgehead atoms. The van der Waals surface area contributed by atoms with Crippen LogP contribution in [0.5, 0.6) is 0 Å². The lowest BCUT2D eigenvalue weighted by molar-refractivity contribution is -0.218. The Balaban J connectivity index is 1.43. The fourth-order valence-electron chi connectivity index (χ4n) is 3.60. The van der Waals surface area contributed by atoms with Gasteiger partial charge in [-0.2, -0.15) is 0 Å². The average molecular weight is 361 g/mol. The van der Waals surface area contributed by atoms with Crippen molar-refractivity contribution in [2.24, 2.45) is 0 Å². The third kappa shape index (κ3) is 8.95. The highest BCUT2D eigenvalue weighted by Gasteiger charge is 2.23. The molecular formula is C23H36O3. The molecule has 1 fully saturated rings. The van der Waals surface area contributed by atoms with E-state index in [-0.39, 0.29) is 6.29 Å². The Morgan fingerprint density at radius 3 is 2.12 bits per heavy atom. The number of hydrogen-bond acceptors (Lipinski definition) is 3. The fourth-order valence-corrected chi connectivity index (χ4v) is 3.60. The molecule has 1 aliphatic rings. The van der Waals surface area contributed by atoms with E-state index in [4.69, 9.17) is 9.47 Å². The Bertz CT molecular complexity index is 460. The summed E-state index contributed by atoms with van der Waals surface area (Å²) in [5.74, 6) is 0. The van der Waals surface area contributed by atoms with E-state index in [9.17, 15) is 4.79 Å². The molecule has 0 aliphatic carbocycles. The van der Waals surface area contributed by atoms with Crippen molar-refractivity contribution in [2.75, 3.05) is 6.61 Å². The molecule has 0 aromatic heterocycles. The van der Waals surface area contributed by atoms with Gasteiger partial charge in [-0.05, 0) is 19.3 Å². The molecule has 3 heteroatoms. The van der Waals surface area contributed by atoms with Crippen LogP contribution in [0.1, 0.15) is 95.3 Å².